The monoisotopic (exact) mass is 327 g/mol. The SMILES string of the molecule is CCNCC(=O)[C@@H](COC(C)(C)C)NCC(=O)[C@@H]1CCC(=O)N1. The van der Waals surface area contributed by atoms with Crippen molar-refractivity contribution < 1.29 is 19.1 Å². The Morgan fingerprint density at radius 1 is 1.35 bits per heavy atom. The highest BCUT2D eigenvalue weighted by atomic mass is 16.5. The van der Waals surface area contributed by atoms with Gasteiger partial charge in [-0.3, -0.25) is 19.7 Å². The number of ether oxygens (including phenoxy) is 1. The molecule has 0 aromatic heterocycles. The third kappa shape index (κ3) is 7.67. The lowest BCUT2D eigenvalue weighted by Gasteiger charge is -2.25. The van der Waals surface area contributed by atoms with Crippen molar-refractivity contribution in [3.05, 3.63) is 0 Å². The zero-order chi connectivity index (χ0) is 17.5. The lowest BCUT2D eigenvalue weighted by Crippen LogP contribution is -2.49. The number of nitrogens with one attached hydrogen (secondary N) is 3. The second kappa shape index (κ2) is 9.10. The summed E-state index contributed by atoms with van der Waals surface area (Å²) in [5, 5.41) is 8.60. The Hall–Kier alpha value is -1.31. The number of rotatable bonds is 10. The van der Waals surface area contributed by atoms with Gasteiger partial charge in [0.2, 0.25) is 5.91 Å². The molecule has 1 rings (SSSR count). The van der Waals surface area contributed by atoms with Crippen LogP contribution >= 0.6 is 0 Å². The molecule has 1 aliphatic heterocycles. The van der Waals surface area contributed by atoms with Crippen molar-refractivity contribution in [2.24, 2.45) is 0 Å². The summed E-state index contributed by atoms with van der Waals surface area (Å²) in [4.78, 5) is 35.5. The zero-order valence-corrected chi connectivity index (χ0v) is 14.5. The van der Waals surface area contributed by atoms with Crippen LogP contribution in [0, 0.1) is 0 Å². The van der Waals surface area contributed by atoms with Crippen molar-refractivity contribution >= 4 is 17.5 Å². The van der Waals surface area contributed by atoms with E-state index in [0.717, 1.165) is 0 Å². The van der Waals surface area contributed by atoms with Crippen molar-refractivity contribution in [1.82, 2.24) is 16.0 Å². The van der Waals surface area contributed by atoms with E-state index in [-0.39, 0.29) is 42.8 Å². The molecule has 1 saturated heterocycles. The summed E-state index contributed by atoms with van der Waals surface area (Å²) in [6.07, 6.45) is 0.903. The summed E-state index contributed by atoms with van der Waals surface area (Å²) in [6, 6.07) is -0.989. The van der Waals surface area contributed by atoms with Crippen LogP contribution in [-0.4, -0.2) is 61.4 Å². The van der Waals surface area contributed by atoms with Crippen molar-refractivity contribution in [2.45, 2.75) is 58.2 Å². The Morgan fingerprint density at radius 2 is 2.04 bits per heavy atom. The number of hydrogen-bond acceptors (Lipinski definition) is 6. The minimum absolute atomic E-state index is 0.0423. The Morgan fingerprint density at radius 3 is 2.57 bits per heavy atom. The standard InChI is InChI=1S/C16H29N3O4/c1-5-17-8-13(20)12(10-23-16(2,3)4)18-9-14(21)11-6-7-15(22)19-11/h11-12,17-18H,5-10H2,1-4H3,(H,19,22)/t11-,12+/m0/s1. The molecular weight excluding hydrogens is 298 g/mol. The first kappa shape index (κ1) is 19.7. The van der Waals surface area contributed by atoms with Crippen LogP contribution in [0.5, 0.6) is 0 Å². The van der Waals surface area contributed by atoms with Gasteiger partial charge >= 0.3 is 0 Å². The fourth-order valence-corrected chi connectivity index (χ4v) is 2.17. The molecular formula is C16H29N3O4. The molecule has 1 aliphatic rings. The fraction of sp³-hybridized carbons (Fsp3) is 0.812. The molecule has 0 radical (unpaired) electrons. The molecule has 2 atom stereocenters. The van der Waals surface area contributed by atoms with Gasteiger partial charge < -0.3 is 15.4 Å². The van der Waals surface area contributed by atoms with Gasteiger partial charge in [-0.1, -0.05) is 6.92 Å². The second-order valence-corrected chi connectivity index (χ2v) is 6.73. The number of carbonyl (C=O) groups is 3. The van der Waals surface area contributed by atoms with Crippen molar-refractivity contribution in [1.29, 1.82) is 0 Å². The normalized spacial score (nSPS) is 19.5. The van der Waals surface area contributed by atoms with Crippen LogP contribution in [0.2, 0.25) is 0 Å². The van der Waals surface area contributed by atoms with E-state index in [1.165, 1.54) is 0 Å². The molecule has 7 heteroatoms. The van der Waals surface area contributed by atoms with E-state index in [0.29, 0.717) is 19.4 Å². The number of carbonyl (C=O) groups excluding carboxylic acids is 3. The summed E-state index contributed by atoms with van der Waals surface area (Å²) in [5.74, 6) is -0.244. The summed E-state index contributed by atoms with van der Waals surface area (Å²) in [7, 11) is 0. The summed E-state index contributed by atoms with van der Waals surface area (Å²) >= 11 is 0. The Labute approximate surface area is 137 Å². The Balaban J connectivity index is 2.52. The quantitative estimate of drug-likeness (QED) is 0.514. The minimum Gasteiger partial charge on any atom is -0.374 e. The van der Waals surface area contributed by atoms with Crippen molar-refractivity contribution in [3.8, 4) is 0 Å². The van der Waals surface area contributed by atoms with Crippen molar-refractivity contribution in [3.63, 3.8) is 0 Å². The van der Waals surface area contributed by atoms with Gasteiger partial charge in [0.15, 0.2) is 11.6 Å². The third-order valence-corrected chi connectivity index (χ3v) is 3.53. The highest BCUT2D eigenvalue weighted by Crippen LogP contribution is 2.09. The van der Waals surface area contributed by atoms with Gasteiger partial charge in [-0.15, -0.1) is 0 Å². The molecule has 0 spiro atoms. The van der Waals surface area contributed by atoms with Crippen LogP contribution in [0.25, 0.3) is 0 Å². The van der Waals surface area contributed by atoms with Crippen LogP contribution in [-0.2, 0) is 19.1 Å². The molecule has 3 N–H and O–H groups in total. The summed E-state index contributed by atoms with van der Waals surface area (Å²) < 4.78 is 5.68. The van der Waals surface area contributed by atoms with E-state index >= 15 is 0 Å². The molecule has 23 heavy (non-hydrogen) atoms. The van der Waals surface area contributed by atoms with Crippen molar-refractivity contribution in [2.75, 3.05) is 26.2 Å². The van der Waals surface area contributed by atoms with Gasteiger partial charge in [0.25, 0.3) is 0 Å². The van der Waals surface area contributed by atoms with E-state index in [4.69, 9.17) is 4.74 Å². The second-order valence-electron chi connectivity index (χ2n) is 6.73. The van der Waals surface area contributed by atoms with Crippen LogP contribution in [0.1, 0.15) is 40.5 Å². The lowest BCUT2D eigenvalue weighted by atomic mass is 10.1. The maximum absolute atomic E-state index is 12.2. The van der Waals surface area contributed by atoms with Crippen LogP contribution < -0.4 is 16.0 Å². The number of amides is 1. The number of hydrogen-bond donors (Lipinski definition) is 3. The molecule has 0 saturated carbocycles. The lowest BCUT2D eigenvalue weighted by molar-refractivity contribution is -0.126. The van der Waals surface area contributed by atoms with Gasteiger partial charge in [-0.25, -0.2) is 0 Å². The smallest absolute Gasteiger partial charge is 0.220 e. The van der Waals surface area contributed by atoms with Crippen LogP contribution in [0.15, 0.2) is 0 Å². The fourth-order valence-electron chi connectivity index (χ4n) is 2.17. The topological polar surface area (TPSA) is 96.5 Å². The molecule has 7 nitrogen and oxygen atoms in total. The van der Waals surface area contributed by atoms with Gasteiger partial charge in [-0.05, 0) is 33.7 Å². The number of ketones is 2. The first-order valence-corrected chi connectivity index (χ1v) is 8.15. The molecule has 1 amide bonds. The minimum atomic E-state index is -0.547. The first-order valence-electron chi connectivity index (χ1n) is 8.15. The Bertz CT molecular complexity index is 432. The molecule has 1 fully saturated rings. The summed E-state index contributed by atoms with van der Waals surface area (Å²) in [6.45, 7) is 8.85. The molecule has 1 heterocycles. The molecule has 0 aromatic carbocycles. The average molecular weight is 327 g/mol. The molecule has 0 unspecified atom stereocenters. The molecule has 0 aromatic rings. The average Bonchev–Trinajstić information content (AvgIpc) is 2.90. The van der Waals surface area contributed by atoms with Crippen LogP contribution in [0.4, 0.5) is 0 Å². The molecule has 0 bridgehead atoms. The maximum Gasteiger partial charge on any atom is 0.220 e. The zero-order valence-electron chi connectivity index (χ0n) is 14.5. The summed E-state index contributed by atoms with van der Waals surface area (Å²) in [5.41, 5.74) is -0.359. The van der Waals surface area contributed by atoms with E-state index in [1.807, 2.05) is 27.7 Å². The third-order valence-electron chi connectivity index (χ3n) is 3.53. The predicted molar refractivity (Wildman–Crippen MR) is 87.2 cm³/mol. The largest absolute Gasteiger partial charge is 0.374 e. The Kier molecular flexibility index (Phi) is 7.81. The van der Waals surface area contributed by atoms with E-state index < -0.39 is 12.1 Å². The number of likely N-dealkylation sites (N-methyl/N-ethyl adjacent to an activating group) is 1. The van der Waals surface area contributed by atoms with Gasteiger partial charge in [0.1, 0.15) is 0 Å². The highest BCUT2D eigenvalue weighted by Gasteiger charge is 2.28. The van der Waals surface area contributed by atoms with E-state index in [9.17, 15) is 14.4 Å². The predicted octanol–water partition coefficient (Wildman–Crippen LogP) is -0.214. The van der Waals surface area contributed by atoms with Gasteiger partial charge in [-0.2, -0.15) is 0 Å². The first-order chi connectivity index (χ1) is 10.7. The maximum atomic E-state index is 12.2. The van der Waals surface area contributed by atoms with Crippen LogP contribution in [0.3, 0.4) is 0 Å². The highest BCUT2D eigenvalue weighted by molar-refractivity contribution is 5.93. The van der Waals surface area contributed by atoms with Gasteiger partial charge in [0, 0.05) is 6.42 Å². The molecule has 0 aliphatic carbocycles. The van der Waals surface area contributed by atoms with E-state index in [2.05, 4.69) is 16.0 Å². The van der Waals surface area contributed by atoms with Gasteiger partial charge in [0.05, 0.1) is 37.4 Å². The van der Waals surface area contributed by atoms with E-state index in [1.54, 1.807) is 0 Å². The number of Topliss-reactive ketones (excluding diaryl/α,β-unsaturated/α-hetero) is 2. The molecule has 132 valence electrons.